The van der Waals surface area contributed by atoms with Crippen LogP contribution in [0.5, 0.6) is 11.5 Å². The monoisotopic (exact) mass is 362 g/mol. The van der Waals surface area contributed by atoms with Crippen LogP contribution in [0.1, 0.15) is 25.0 Å². The standard InChI is InChI=1S/C22H22N2O3/c1-15(2)27-20-9-8-16(13-21(20)26-3)12-18(14-23)22(25)24-11-10-17-6-4-5-7-19(17)24/h4-9,12-13,15H,10-11H2,1-3H3/b18-12+. The van der Waals surface area contributed by atoms with Gasteiger partial charge in [-0.3, -0.25) is 4.79 Å². The third-order valence-corrected chi connectivity index (χ3v) is 4.34. The second-order valence-corrected chi connectivity index (χ2v) is 6.58. The number of amides is 1. The SMILES string of the molecule is COc1cc(/C=C(\C#N)C(=O)N2CCc3ccccc32)ccc1OC(C)C. The molecule has 27 heavy (non-hydrogen) atoms. The number of anilines is 1. The second-order valence-electron chi connectivity index (χ2n) is 6.58. The maximum atomic E-state index is 12.9. The van der Waals surface area contributed by atoms with Crippen LogP contribution >= 0.6 is 0 Å². The number of benzene rings is 2. The fourth-order valence-corrected chi connectivity index (χ4v) is 3.13. The highest BCUT2D eigenvalue weighted by molar-refractivity contribution is 6.12. The number of rotatable bonds is 5. The summed E-state index contributed by atoms with van der Waals surface area (Å²) in [4.78, 5) is 14.6. The number of hydrogen-bond donors (Lipinski definition) is 0. The first kappa shape index (κ1) is 18.5. The Kier molecular flexibility index (Phi) is 5.46. The summed E-state index contributed by atoms with van der Waals surface area (Å²) < 4.78 is 11.1. The zero-order chi connectivity index (χ0) is 19.4. The Morgan fingerprint density at radius 2 is 2.00 bits per heavy atom. The zero-order valence-electron chi connectivity index (χ0n) is 15.7. The Morgan fingerprint density at radius 1 is 1.22 bits per heavy atom. The van der Waals surface area contributed by atoms with Crippen molar-refractivity contribution in [2.45, 2.75) is 26.4 Å². The molecule has 5 heteroatoms. The van der Waals surface area contributed by atoms with E-state index in [1.807, 2.05) is 50.2 Å². The Bertz CT molecular complexity index is 925. The molecule has 0 unspecified atom stereocenters. The normalized spacial score (nSPS) is 13.3. The molecule has 0 N–H and O–H groups in total. The molecule has 1 aliphatic heterocycles. The molecule has 0 fully saturated rings. The van der Waals surface area contributed by atoms with Gasteiger partial charge in [0.1, 0.15) is 11.6 Å². The molecular formula is C22H22N2O3. The smallest absolute Gasteiger partial charge is 0.268 e. The van der Waals surface area contributed by atoms with Gasteiger partial charge in [0, 0.05) is 12.2 Å². The number of carbonyl (C=O) groups excluding carboxylic acids is 1. The summed E-state index contributed by atoms with van der Waals surface area (Å²) in [7, 11) is 1.56. The Balaban J connectivity index is 1.89. The summed E-state index contributed by atoms with van der Waals surface area (Å²) in [6, 6.07) is 15.2. The average molecular weight is 362 g/mol. The number of fused-ring (bicyclic) bond motifs is 1. The van der Waals surface area contributed by atoms with E-state index in [0.717, 1.165) is 17.7 Å². The molecule has 0 spiro atoms. The van der Waals surface area contributed by atoms with E-state index in [4.69, 9.17) is 9.47 Å². The van der Waals surface area contributed by atoms with Crippen molar-refractivity contribution in [3.8, 4) is 17.6 Å². The van der Waals surface area contributed by atoms with E-state index in [1.165, 1.54) is 0 Å². The van der Waals surface area contributed by atoms with Crippen LogP contribution in [0, 0.1) is 11.3 Å². The van der Waals surface area contributed by atoms with E-state index < -0.39 is 0 Å². The quantitative estimate of drug-likeness (QED) is 0.596. The predicted molar refractivity (Wildman–Crippen MR) is 105 cm³/mol. The minimum Gasteiger partial charge on any atom is -0.493 e. The topological polar surface area (TPSA) is 62.6 Å². The third kappa shape index (κ3) is 3.95. The van der Waals surface area contributed by atoms with Gasteiger partial charge in [0.25, 0.3) is 5.91 Å². The lowest BCUT2D eigenvalue weighted by Crippen LogP contribution is -2.29. The van der Waals surface area contributed by atoms with Crippen molar-refractivity contribution in [1.29, 1.82) is 5.26 Å². The van der Waals surface area contributed by atoms with Gasteiger partial charge in [0.15, 0.2) is 11.5 Å². The molecule has 0 saturated carbocycles. The number of nitriles is 1. The highest BCUT2D eigenvalue weighted by Crippen LogP contribution is 2.31. The van der Waals surface area contributed by atoms with Crippen molar-refractivity contribution < 1.29 is 14.3 Å². The molecule has 2 aromatic rings. The van der Waals surface area contributed by atoms with Gasteiger partial charge in [-0.25, -0.2) is 0 Å². The molecule has 0 saturated heterocycles. The van der Waals surface area contributed by atoms with Gasteiger partial charge in [-0.1, -0.05) is 24.3 Å². The number of methoxy groups -OCH3 is 1. The van der Waals surface area contributed by atoms with E-state index >= 15 is 0 Å². The number of carbonyl (C=O) groups is 1. The molecule has 2 aromatic carbocycles. The van der Waals surface area contributed by atoms with Crippen molar-refractivity contribution in [1.82, 2.24) is 0 Å². The first-order chi connectivity index (χ1) is 13.0. The van der Waals surface area contributed by atoms with E-state index in [2.05, 4.69) is 0 Å². The van der Waals surface area contributed by atoms with E-state index in [9.17, 15) is 10.1 Å². The molecule has 0 aromatic heterocycles. The first-order valence-electron chi connectivity index (χ1n) is 8.89. The molecule has 0 atom stereocenters. The fourth-order valence-electron chi connectivity index (χ4n) is 3.13. The number of ether oxygens (including phenoxy) is 2. The van der Waals surface area contributed by atoms with E-state index in [-0.39, 0.29) is 17.6 Å². The summed E-state index contributed by atoms with van der Waals surface area (Å²) in [5.74, 6) is 0.903. The molecule has 3 rings (SSSR count). The Morgan fingerprint density at radius 3 is 2.70 bits per heavy atom. The second kappa shape index (κ2) is 7.96. The van der Waals surface area contributed by atoms with Gasteiger partial charge in [0.05, 0.1) is 13.2 Å². The Hall–Kier alpha value is -3.26. The summed E-state index contributed by atoms with van der Waals surface area (Å²) in [6.07, 6.45) is 2.41. The molecule has 1 aliphatic rings. The van der Waals surface area contributed by atoms with Crippen LogP contribution < -0.4 is 14.4 Å². The summed E-state index contributed by atoms with van der Waals surface area (Å²) >= 11 is 0. The Labute approximate surface area is 159 Å². The minimum atomic E-state index is -0.288. The van der Waals surface area contributed by atoms with Crippen LogP contribution in [-0.4, -0.2) is 25.7 Å². The highest BCUT2D eigenvalue weighted by Gasteiger charge is 2.26. The lowest BCUT2D eigenvalue weighted by atomic mass is 10.1. The van der Waals surface area contributed by atoms with Crippen molar-refractivity contribution >= 4 is 17.7 Å². The minimum absolute atomic E-state index is 0.0202. The molecule has 5 nitrogen and oxygen atoms in total. The van der Waals surface area contributed by atoms with Gasteiger partial charge in [-0.15, -0.1) is 0 Å². The van der Waals surface area contributed by atoms with Crippen molar-refractivity contribution in [2.24, 2.45) is 0 Å². The molecule has 1 heterocycles. The molecule has 0 aliphatic carbocycles. The molecular weight excluding hydrogens is 340 g/mol. The lowest BCUT2D eigenvalue weighted by molar-refractivity contribution is -0.114. The molecule has 1 amide bonds. The van der Waals surface area contributed by atoms with Gasteiger partial charge in [-0.2, -0.15) is 5.26 Å². The fraction of sp³-hybridized carbons (Fsp3) is 0.273. The van der Waals surface area contributed by atoms with Crippen molar-refractivity contribution in [3.63, 3.8) is 0 Å². The van der Waals surface area contributed by atoms with Gasteiger partial charge in [0.2, 0.25) is 0 Å². The maximum Gasteiger partial charge on any atom is 0.268 e. The van der Waals surface area contributed by atoms with Crippen LogP contribution in [-0.2, 0) is 11.2 Å². The van der Waals surface area contributed by atoms with Gasteiger partial charge < -0.3 is 14.4 Å². The third-order valence-electron chi connectivity index (χ3n) is 4.34. The van der Waals surface area contributed by atoms with Crippen LogP contribution in [0.3, 0.4) is 0 Å². The number of nitrogens with zero attached hydrogens (tertiary/aromatic N) is 2. The summed E-state index contributed by atoms with van der Waals surface area (Å²) in [5.41, 5.74) is 2.80. The van der Waals surface area contributed by atoms with Crippen molar-refractivity contribution in [3.05, 3.63) is 59.2 Å². The molecule has 0 radical (unpaired) electrons. The van der Waals surface area contributed by atoms with Gasteiger partial charge >= 0.3 is 0 Å². The van der Waals surface area contributed by atoms with Crippen LogP contribution in [0.2, 0.25) is 0 Å². The van der Waals surface area contributed by atoms with Crippen molar-refractivity contribution in [2.75, 3.05) is 18.6 Å². The molecule has 138 valence electrons. The number of para-hydroxylation sites is 1. The predicted octanol–water partition coefficient (Wildman–Crippen LogP) is 3.98. The van der Waals surface area contributed by atoms with Crippen LogP contribution in [0.25, 0.3) is 6.08 Å². The first-order valence-corrected chi connectivity index (χ1v) is 8.89. The van der Waals surface area contributed by atoms with E-state index in [0.29, 0.717) is 23.6 Å². The molecule has 0 bridgehead atoms. The maximum absolute atomic E-state index is 12.9. The van der Waals surface area contributed by atoms with Crippen LogP contribution in [0.4, 0.5) is 5.69 Å². The van der Waals surface area contributed by atoms with Crippen LogP contribution in [0.15, 0.2) is 48.0 Å². The summed E-state index contributed by atoms with van der Waals surface area (Å²) in [6.45, 7) is 4.46. The largest absolute Gasteiger partial charge is 0.493 e. The highest BCUT2D eigenvalue weighted by atomic mass is 16.5. The van der Waals surface area contributed by atoms with E-state index in [1.54, 1.807) is 30.2 Å². The number of hydrogen-bond acceptors (Lipinski definition) is 4. The lowest BCUT2D eigenvalue weighted by Gasteiger charge is -2.17. The van der Waals surface area contributed by atoms with Gasteiger partial charge in [-0.05, 0) is 55.7 Å². The average Bonchev–Trinajstić information content (AvgIpc) is 3.10. The summed E-state index contributed by atoms with van der Waals surface area (Å²) in [5, 5.41) is 9.54. The zero-order valence-corrected chi connectivity index (χ0v) is 15.7.